The molecule has 2 aliphatic rings. The Kier molecular flexibility index (Phi) is 5.23. The van der Waals surface area contributed by atoms with E-state index in [0.29, 0.717) is 6.54 Å². The van der Waals surface area contributed by atoms with Gasteiger partial charge in [0.2, 0.25) is 0 Å². The lowest BCUT2D eigenvalue weighted by molar-refractivity contribution is -0.138. The quantitative estimate of drug-likeness (QED) is 0.727. The highest BCUT2D eigenvalue weighted by atomic mass is 16.4. The van der Waals surface area contributed by atoms with E-state index in [-0.39, 0.29) is 30.6 Å². The predicted molar refractivity (Wildman–Crippen MR) is 75.4 cm³/mol. The van der Waals surface area contributed by atoms with E-state index in [9.17, 15) is 9.59 Å². The molecule has 6 nitrogen and oxygen atoms in total. The van der Waals surface area contributed by atoms with Crippen LogP contribution in [0.4, 0.5) is 4.79 Å². The SMILES string of the molecule is NC1CCCCC1NC(=O)N1CCCCC1CC(=O)O. The van der Waals surface area contributed by atoms with Gasteiger partial charge in [-0.3, -0.25) is 4.79 Å². The summed E-state index contributed by atoms with van der Waals surface area (Å²) in [6.07, 6.45) is 6.83. The van der Waals surface area contributed by atoms with Crippen LogP contribution >= 0.6 is 0 Å². The standard InChI is InChI=1S/C14H25N3O3/c15-11-6-1-2-7-12(11)16-14(20)17-8-4-3-5-10(17)9-13(18)19/h10-12H,1-9,15H2,(H,16,20)(H,18,19). The van der Waals surface area contributed by atoms with Gasteiger partial charge in [-0.2, -0.15) is 0 Å². The number of piperidine rings is 1. The van der Waals surface area contributed by atoms with Crippen LogP contribution in [-0.4, -0.2) is 46.7 Å². The lowest BCUT2D eigenvalue weighted by Gasteiger charge is -2.37. The van der Waals surface area contributed by atoms with E-state index >= 15 is 0 Å². The van der Waals surface area contributed by atoms with E-state index in [2.05, 4.69) is 5.32 Å². The number of nitrogens with one attached hydrogen (secondary N) is 1. The van der Waals surface area contributed by atoms with Crippen LogP contribution < -0.4 is 11.1 Å². The van der Waals surface area contributed by atoms with E-state index < -0.39 is 5.97 Å². The van der Waals surface area contributed by atoms with E-state index in [1.807, 2.05) is 0 Å². The number of nitrogens with zero attached hydrogens (tertiary/aromatic N) is 1. The highest BCUT2D eigenvalue weighted by Gasteiger charge is 2.31. The first kappa shape index (κ1) is 15.1. The molecule has 0 bridgehead atoms. The summed E-state index contributed by atoms with van der Waals surface area (Å²) in [5.41, 5.74) is 6.04. The Balaban J connectivity index is 1.93. The van der Waals surface area contributed by atoms with Crippen molar-refractivity contribution < 1.29 is 14.7 Å². The number of rotatable bonds is 3. The highest BCUT2D eigenvalue weighted by molar-refractivity contribution is 5.76. The van der Waals surface area contributed by atoms with Gasteiger partial charge in [-0.15, -0.1) is 0 Å². The third-order valence-corrected chi connectivity index (χ3v) is 4.43. The minimum atomic E-state index is -0.843. The molecule has 1 heterocycles. The normalized spacial score (nSPS) is 30.9. The number of carboxylic acid groups (broad SMARTS) is 1. The molecule has 3 atom stereocenters. The number of amides is 2. The average Bonchev–Trinajstić information content (AvgIpc) is 2.41. The van der Waals surface area contributed by atoms with E-state index in [1.54, 1.807) is 4.90 Å². The number of carbonyl (C=O) groups is 2. The van der Waals surface area contributed by atoms with Gasteiger partial charge in [-0.1, -0.05) is 12.8 Å². The van der Waals surface area contributed by atoms with Crippen molar-refractivity contribution in [2.75, 3.05) is 6.54 Å². The summed E-state index contributed by atoms with van der Waals surface area (Å²) in [7, 11) is 0. The maximum absolute atomic E-state index is 12.4. The Morgan fingerprint density at radius 2 is 1.85 bits per heavy atom. The van der Waals surface area contributed by atoms with Gasteiger partial charge in [0.1, 0.15) is 0 Å². The molecule has 1 aliphatic carbocycles. The number of likely N-dealkylation sites (tertiary alicyclic amines) is 1. The van der Waals surface area contributed by atoms with Crippen molar-refractivity contribution in [2.45, 2.75) is 69.5 Å². The van der Waals surface area contributed by atoms with Crippen LogP contribution in [0, 0.1) is 0 Å². The summed E-state index contributed by atoms with van der Waals surface area (Å²) >= 11 is 0. The number of aliphatic carboxylic acids is 1. The molecule has 0 spiro atoms. The van der Waals surface area contributed by atoms with E-state index in [1.165, 1.54) is 0 Å². The number of hydrogen-bond acceptors (Lipinski definition) is 3. The number of hydrogen-bond donors (Lipinski definition) is 3. The second kappa shape index (κ2) is 6.92. The second-order valence-corrected chi connectivity index (χ2v) is 5.95. The first-order valence-corrected chi connectivity index (χ1v) is 7.62. The van der Waals surface area contributed by atoms with Gasteiger partial charge in [0, 0.05) is 24.7 Å². The topological polar surface area (TPSA) is 95.7 Å². The Bertz CT molecular complexity index is 362. The Hall–Kier alpha value is -1.30. The van der Waals surface area contributed by atoms with Gasteiger partial charge < -0.3 is 21.1 Å². The van der Waals surface area contributed by atoms with Crippen molar-refractivity contribution in [1.82, 2.24) is 10.2 Å². The summed E-state index contributed by atoms with van der Waals surface area (Å²) in [5.74, 6) is -0.843. The van der Waals surface area contributed by atoms with Gasteiger partial charge >= 0.3 is 12.0 Å². The molecular weight excluding hydrogens is 258 g/mol. The third kappa shape index (κ3) is 3.85. The van der Waals surface area contributed by atoms with Crippen molar-refractivity contribution in [1.29, 1.82) is 0 Å². The van der Waals surface area contributed by atoms with Crippen LogP contribution in [0.15, 0.2) is 0 Å². The molecule has 1 saturated carbocycles. The molecule has 6 heteroatoms. The molecular formula is C14H25N3O3. The van der Waals surface area contributed by atoms with Crippen molar-refractivity contribution in [3.05, 3.63) is 0 Å². The number of urea groups is 1. The largest absolute Gasteiger partial charge is 0.481 e. The first-order valence-electron chi connectivity index (χ1n) is 7.62. The van der Waals surface area contributed by atoms with Crippen molar-refractivity contribution in [2.24, 2.45) is 5.73 Å². The maximum atomic E-state index is 12.4. The monoisotopic (exact) mass is 283 g/mol. The Morgan fingerprint density at radius 1 is 1.15 bits per heavy atom. The lowest BCUT2D eigenvalue weighted by atomic mass is 9.91. The molecule has 1 saturated heterocycles. The first-order chi connectivity index (χ1) is 9.58. The predicted octanol–water partition coefficient (Wildman–Crippen LogP) is 1.30. The summed E-state index contributed by atoms with van der Waals surface area (Å²) in [6.45, 7) is 0.645. The third-order valence-electron chi connectivity index (χ3n) is 4.43. The maximum Gasteiger partial charge on any atom is 0.317 e. The molecule has 2 fully saturated rings. The molecule has 0 radical (unpaired) electrons. The highest BCUT2D eigenvalue weighted by Crippen LogP contribution is 2.21. The summed E-state index contributed by atoms with van der Waals surface area (Å²) in [4.78, 5) is 25.0. The molecule has 4 N–H and O–H groups in total. The smallest absolute Gasteiger partial charge is 0.317 e. The van der Waals surface area contributed by atoms with Gasteiger partial charge in [0.15, 0.2) is 0 Å². The van der Waals surface area contributed by atoms with Crippen LogP contribution in [0.1, 0.15) is 51.4 Å². The average molecular weight is 283 g/mol. The van der Waals surface area contributed by atoms with Crippen LogP contribution in [-0.2, 0) is 4.79 Å². The summed E-state index contributed by atoms with van der Waals surface area (Å²) in [6, 6.07) is -0.265. The van der Waals surface area contributed by atoms with Crippen molar-refractivity contribution in [3.8, 4) is 0 Å². The molecule has 0 aromatic rings. The number of carbonyl (C=O) groups excluding carboxylic acids is 1. The van der Waals surface area contributed by atoms with Gasteiger partial charge in [0.05, 0.1) is 6.42 Å². The number of nitrogens with two attached hydrogens (primary N) is 1. The lowest BCUT2D eigenvalue weighted by Crippen LogP contribution is -2.56. The fourth-order valence-electron chi connectivity index (χ4n) is 3.26. The van der Waals surface area contributed by atoms with Crippen LogP contribution in [0.25, 0.3) is 0 Å². The number of carboxylic acids is 1. The minimum absolute atomic E-state index is 0.0235. The Morgan fingerprint density at radius 3 is 2.55 bits per heavy atom. The van der Waals surface area contributed by atoms with Crippen molar-refractivity contribution >= 4 is 12.0 Å². The van der Waals surface area contributed by atoms with Gasteiger partial charge in [0.25, 0.3) is 0 Å². The van der Waals surface area contributed by atoms with E-state index in [0.717, 1.165) is 44.9 Å². The molecule has 0 aromatic heterocycles. The summed E-state index contributed by atoms with van der Waals surface area (Å²) in [5, 5.41) is 12.0. The van der Waals surface area contributed by atoms with Crippen LogP contribution in [0.2, 0.25) is 0 Å². The van der Waals surface area contributed by atoms with Gasteiger partial charge in [-0.25, -0.2) is 4.79 Å². The second-order valence-electron chi connectivity index (χ2n) is 5.95. The zero-order valence-corrected chi connectivity index (χ0v) is 11.9. The zero-order chi connectivity index (χ0) is 14.5. The molecule has 0 aromatic carbocycles. The Labute approximate surface area is 119 Å². The van der Waals surface area contributed by atoms with Gasteiger partial charge in [-0.05, 0) is 32.1 Å². The van der Waals surface area contributed by atoms with Crippen LogP contribution in [0.3, 0.4) is 0 Å². The van der Waals surface area contributed by atoms with Crippen molar-refractivity contribution in [3.63, 3.8) is 0 Å². The van der Waals surface area contributed by atoms with Crippen LogP contribution in [0.5, 0.6) is 0 Å². The fraction of sp³-hybridized carbons (Fsp3) is 0.857. The molecule has 3 unspecified atom stereocenters. The van der Waals surface area contributed by atoms with E-state index in [4.69, 9.17) is 10.8 Å². The molecule has 2 amide bonds. The molecule has 2 rings (SSSR count). The molecule has 114 valence electrons. The minimum Gasteiger partial charge on any atom is -0.481 e. The molecule has 1 aliphatic heterocycles. The zero-order valence-electron chi connectivity index (χ0n) is 11.9. The molecule has 20 heavy (non-hydrogen) atoms. The summed E-state index contributed by atoms with van der Waals surface area (Å²) < 4.78 is 0. The fourth-order valence-corrected chi connectivity index (χ4v) is 3.26.